The molecular weight excluding hydrogens is 370 g/mol. The fraction of sp³-hybridized carbons (Fsp3) is 0.636. The van der Waals surface area contributed by atoms with Crippen molar-refractivity contribution < 1.29 is 19.1 Å². The third kappa shape index (κ3) is 3.85. The average Bonchev–Trinajstić information content (AvgIpc) is 2.78. The molecule has 4 rings (SSSR count). The number of β-lactam (4-membered cyclic amide) rings is 1. The Morgan fingerprint density at radius 3 is 2.52 bits per heavy atom. The number of carbonyl (C=O) groups excluding carboxylic acids is 2. The van der Waals surface area contributed by atoms with Gasteiger partial charge in [-0.2, -0.15) is 0 Å². The zero-order valence-corrected chi connectivity index (χ0v) is 17.2. The Balaban J connectivity index is 1.47. The van der Waals surface area contributed by atoms with E-state index >= 15 is 0 Å². The predicted octanol–water partition coefficient (Wildman–Crippen LogP) is 1.81. The number of rotatable bonds is 6. The average molecular weight is 402 g/mol. The predicted molar refractivity (Wildman–Crippen MR) is 110 cm³/mol. The molecule has 0 aromatic heterocycles. The standard InChI is InChI=1S/C22H31N3O4/c1-28-18-7-5-17(6-8-18)25-19(22(21(25)27)9-3-2-4-10-22)20(26)23-11-12-24-13-15-29-16-14-24/h5-8,19H,2-4,9-16H2,1H3,(H,23,26). The molecule has 1 aromatic carbocycles. The van der Waals surface area contributed by atoms with Crippen LogP contribution in [0.25, 0.3) is 0 Å². The molecule has 3 aliphatic rings. The van der Waals surface area contributed by atoms with E-state index in [-0.39, 0.29) is 11.8 Å². The van der Waals surface area contributed by atoms with Gasteiger partial charge in [-0.05, 0) is 37.1 Å². The summed E-state index contributed by atoms with van der Waals surface area (Å²) in [6, 6.07) is 6.97. The van der Waals surface area contributed by atoms with Crippen LogP contribution >= 0.6 is 0 Å². The summed E-state index contributed by atoms with van der Waals surface area (Å²) in [4.78, 5) is 30.4. The molecular formula is C22H31N3O4. The zero-order valence-electron chi connectivity index (χ0n) is 17.2. The minimum Gasteiger partial charge on any atom is -0.497 e. The van der Waals surface area contributed by atoms with Crippen molar-refractivity contribution in [3.8, 4) is 5.75 Å². The summed E-state index contributed by atoms with van der Waals surface area (Å²) in [6.07, 6.45) is 4.78. The van der Waals surface area contributed by atoms with Crippen molar-refractivity contribution in [3.63, 3.8) is 0 Å². The molecule has 1 spiro atoms. The highest BCUT2D eigenvalue weighted by atomic mass is 16.5. The van der Waals surface area contributed by atoms with Gasteiger partial charge in [0.2, 0.25) is 11.8 Å². The Hall–Kier alpha value is -2.12. The van der Waals surface area contributed by atoms with Crippen molar-refractivity contribution in [1.29, 1.82) is 0 Å². The summed E-state index contributed by atoms with van der Waals surface area (Å²) < 4.78 is 10.6. The second kappa shape index (κ2) is 8.71. The molecule has 1 N–H and O–H groups in total. The van der Waals surface area contributed by atoms with Crippen molar-refractivity contribution in [2.24, 2.45) is 5.41 Å². The maximum atomic E-state index is 13.2. The zero-order chi connectivity index (χ0) is 20.3. The number of hydrogen-bond donors (Lipinski definition) is 1. The summed E-state index contributed by atoms with van der Waals surface area (Å²) in [5.41, 5.74) is 0.238. The molecule has 0 bridgehead atoms. The van der Waals surface area contributed by atoms with Gasteiger partial charge < -0.3 is 14.8 Å². The second-order valence-electron chi connectivity index (χ2n) is 8.24. The van der Waals surface area contributed by atoms with Gasteiger partial charge in [-0.1, -0.05) is 19.3 Å². The van der Waals surface area contributed by atoms with Crippen molar-refractivity contribution in [1.82, 2.24) is 10.2 Å². The third-order valence-corrected chi connectivity index (χ3v) is 6.60. The van der Waals surface area contributed by atoms with Crippen LogP contribution in [0.5, 0.6) is 5.75 Å². The smallest absolute Gasteiger partial charge is 0.244 e. The van der Waals surface area contributed by atoms with Crippen LogP contribution in [0, 0.1) is 5.41 Å². The molecule has 7 nitrogen and oxygen atoms in total. The topological polar surface area (TPSA) is 71.1 Å². The lowest BCUT2D eigenvalue weighted by Crippen LogP contribution is -2.74. The lowest BCUT2D eigenvalue weighted by atomic mass is 9.61. The lowest BCUT2D eigenvalue weighted by Gasteiger charge is -2.56. The minimum atomic E-state index is -0.527. The Bertz CT molecular complexity index is 724. The molecule has 29 heavy (non-hydrogen) atoms. The molecule has 1 saturated carbocycles. The van der Waals surface area contributed by atoms with E-state index in [1.807, 2.05) is 24.3 Å². The molecule has 3 fully saturated rings. The number of morpholine rings is 1. The molecule has 1 aliphatic carbocycles. The van der Waals surface area contributed by atoms with Crippen LogP contribution < -0.4 is 15.0 Å². The number of nitrogens with one attached hydrogen (secondary N) is 1. The van der Waals surface area contributed by atoms with E-state index in [0.717, 1.165) is 76.4 Å². The van der Waals surface area contributed by atoms with Crippen molar-refractivity contribution in [3.05, 3.63) is 24.3 Å². The number of carbonyl (C=O) groups is 2. The largest absolute Gasteiger partial charge is 0.497 e. The molecule has 7 heteroatoms. The lowest BCUT2D eigenvalue weighted by molar-refractivity contribution is -0.150. The van der Waals surface area contributed by atoms with Crippen molar-refractivity contribution in [2.75, 3.05) is 51.4 Å². The van der Waals surface area contributed by atoms with Crippen molar-refractivity contribution >= 4 is 17.5 Å². The van der Waals surface area contributed by atoms with Crippen LogP contribution in [0.1, 0.15) is 32.1 Å². The summed E-state index contributed by atoms with van der Waals surface area (Å²) in [6.45, 7) is 4.71. The molecule has 158 valence electrons. The Morgan fingerprint density at radius 1 is 1.17 bits per heavy atom. The molecule has 2 saturated heterocycles. The maximum absolute atomic E-state index is 13.2. The van der Waals surface area contributed by atoms with Crippen LogP contribution in [0.15, 0.2) is 24.3 Å². The normalized spacial score (nSPS) is 24.2. The van der Waals surface area contributed by atoms with Gasteiger partial charge in [-0.3, -0.25) is 19.4 Å². The fourth-order valence-electron chi connectivity index (χ4n) is 4.96. The van der Waals surface area contributed by atoms with Gasteiger partial charge in [-0.25, -0.2) is 0 Å². The van der Waals surface area contributed by atoms with Gasteiger partial charge in [0.05, 0.1) is 25.7 Å². The summed E-state index contributed by atoms with van der Waals surface area (Å²) >= 11 is 0. The highest BCUT2D eigenvalue weighted by Gasteiger charge is 2.63. The molecule has 1 atom stereocenters. The van der Waals surface area contributed by atoms with Gasteiger partial charge in [0.15, 0.2) is 0 Å². The molecule has 1 unspecified atom stereocenters. The SMILES string of the molecule is COc1ccc(N2C(=O)C3(CCCCC3)C2C(=O)NCCN2CCOCC2)cc1. The number of anilines is 1. The first-order valence-corrected chi connectivity index (χ1v) is 10.7. The van der Waals surface area contributed by atoms with Crippen LogP contribution in [-0.4, -0.2) is 69.3 Å². The van der Waals surface area contributed by atoms with E-state index in [4.69, 9.17) is 9.47 Å². The first kappa shape index (κ1) is 20.2. The van der Waals surface area contributed by atoms with E-state index in [1.165, 1.54) is 0 Å². The number of amides is 2. The third-order valence-electron chi connectivity index (χ3n) is 6.60. The van der Waals surface area contributed by atoms with E-state index in [1.54, 1.807) is 12.0 Å². The molecule has 1 aromatic rings. The van der Waals surface area contributed by atoms with Crippen LogP contribution in [0.4, 0.5) is 5.69 Å². The number of nitrogens with zero attached hydrogens (tertiary/aromatic N) is 2. The Morgan fingerprint density at radius 2 is 1.86 bits per heavy atom. The first-order valence-electron chi connectivity index (χ1n) is 10.7. The van der Waals surface area contributed by atoms with E-state index in [0.29, 0.717) is 6.54 Å². The quantitative estimate of drug-likeness (QED) is 0.736. The Labute approximate surface area is 172 Å². The van der Waals surface area contributed by atoms with Crippen LogP contribution in [0.2, 0.25) is 0 Å². The summed E-state index contributed by atoms with van der Waals surface area (Å²) in [5, 5.41) is 3.11. The number of methoxy groups -OCH3 is 1. The molecule has 2 aliphatic heterocycles. The van der Waals surface area contributed by atoms with E-state index in [2.05, 4.69) is 10.2 Å². The van der Waals surface area contributed by atoms with E-state index in [9.17, 15) is 9.59 Å². The molecule has 0 radical (unpaired) electrons. The Kier molecular flexibility index (Phi) is 6.06. The van der Waals surface area contributed by atoms with Gasteiger partial charge >= 0.3 is 0 Å². The molecule has 2 amide bonds. The van der Waals surface area contributed by atoms with Crippen LogP contribution in [-0.2, 0) is 14.3 Å². The first-order chi connectivity index (χ1) is 14.2. The number of benzene rings is 1. The van der Waals surface area contributed by atoms with Crippen molar-refractivity contribution in [2.45, 2.75) is 38.1 Å². The van der Waals surface area contributed by atoms with Gasteiger partial charge in [-0.15, -0.1) is 0 Å². The summed E-state index contributed by atoms with van der Waals surface area (Å²) in [7, 11) is 1.62. The highest BCUT2D eigenvalue weighted by Crippen LogP contribution is 2.51. The van der Waals surface area contributed by atoms with Gasteiger partial charge in [0.25, 0.3) is 0 Å². The van der Waals surface area contributed by atoms with E-state index < -0.39 is 11.5 Å². The maximum Gasteiger partial charge on any atom is 0.244 e. The number of hydrogen-bond acceptors (Lipinski definition) is 5. The van der Waals surface area contributed by atoms with Gasteiger partial charge in [0, 0.05) is 31.9 Å². The number of ether oxygens (including phenoxy) is 2. The fourth-order valence-corrected chi connectivity index (χ4v) is 4.96. The minimum absolute atomic E-state index is 0.0319. The molecule has 2 heterocycles. The highest BCUT2D eigenvalue weighted by molar-refractivity contribution is 6.14. The summed E-state index contributed by atoms with van der Waals surface area (Å²) in [5.74, 6) is 0.798. The monoisotopic (exact) mass is 401 g/mol. The van der Waals surface area contributed by atoms with Crippen LogP contribution in [0.3, 0.4) is 0 Å². The second-order valence-corrected chi connectivity index (χ2v) is 8.24. The van der Waals surface area contributed by atoms with Gasteiger partial charge in [0.1, 0.15) is 11.8 Å².